The quantitative estimate of drug-likeness (QED) is 0.357. The molecule has 11 nitrogen and oxygen atoms in total. The average Bonchev–Trinajstić information content (AvgIpc) is 3.41. The lowest BCUT2D eigenvalue weighted by molar-refractivity contribution is -0.162. The topological polar surface area (TPSA) is 139 Å². The normalized spacial score (nSPS) is 20.8. The predicted molar refractivity (Wildman–Crippen MR) is 128 cm³/mol. The summed E-state index contributed by atoms with van der Waals surface area (Å²) in [5.41, 5.74) is -1.48. The molecule has 0 spiro atoms. The van der Waals surface area contributed by atoms with Gasteiger partial charge in [-0.25, -0.2) is 26.3 Å². The second kappa shape index (κ2) is 10.9. The number of nitrogens with zero attached hydrogens (tertiary/aromatic N) is 2. The highest BCUT2D eigenvalue weighted by molar-refractivity contribution is 7.89. The molecule has 1 aromatic carbocycles. The van der Waals surface area contributed by atoms with E-state index in [-0.39, 0.29) is 31.1 Å². The first kappa shape index (κ1) is 30.2. The number of nitrogens with one attached hydrogen (secondary N) is 3. The van der Waals surface area contributed by atoms with Crippen LogP contribution >= 0.6 is 0 Å². The highest BCUT2D eigenvalue weighted by Crippen LogP contribution is 2.35. The van der Waals surface area contributed by atoms with E-state index < -0.39 is 80.4 Å². The van der Waals surface area contributed by atoms with Crippen molar-refractivity contribution in [3.05, 3.63) is 41.5 Å². The zero-order chi connectivity index (χ0) is 30.4. The Morgan fingerprint density at radius 2 is 1.85 bits per heavy atom. The standard InChI is InChI=1S/C23H23F6N5O6S/c1-10(23(27,28)29)30-21(36)22(37)34-6-11-9-40-18-16(41(38,39)32-15(11)7-34)8-33(2)17(18)20(35)31-12-3-4-14(24)13(5-12)19(25)26/h3-5,8,10-11,15,19,32H,6-7,9H2,1-2H3,(H,30,36)(H,31,35). The summed E-state index contributed by atoms with van der Waals surface area (Å²) in [7, 11) is -3.08. The lowest BCUT2D eigenvalue weighted by Gasteiger charge is -2.23. The number of carbonyl (C=O) groups is 3. The van der Waals surface area contributed by atoms with Crippen LogP contribution in [0.3, 0.4) is 0 Å². The molecule has 41 heavy (non-hydrogen) atoms. The monoisotopic (exact) mass is 611 g/mol. The van der Waals surface area contributed by atoms with E-state index in [0.29, 0.717) is 6.92 Å². The van der Waals surface area contributed by atoms with Gasteiger partial charge in [0.15, 0.2) is 11.4 Å². The summed E-state index contributed by atoms with van der Waals surface area (Å²) in [6.07, 6.45) is -6.88. The molecule has 3 unspecified atom stereocenters. The molecule has 0 aliphatic carbocycles. The summed E-state index contributed by atoms with van der Waals surface area (Å²) in [5, 5.41) is 3.85. The molecule has 18 heteroatoms. The van der Waals surface area contributed by atoms with Crippen molar-refractivity contribution in [1.82, 2.24) is 19.5 Å². The summed E-state index contributed by atoms with van der Waals surface area (Å²) in [6.45, 7) is -0.215. The van der Waals surface area contributed by atoms with Gasteiger partial charge in [0.25, 0.3) is 12.3 Å². The van der Waals surface area contributed by atoms with Crippen LogP contribution in [0.5, 0.6) is 5.75 Å². The summed E-state index contributed by atoms with van der Waals surface area (Å²) in [5.74, 6) is -6.13. The van der Waals surface area contributed by atoms with Gasteiger partial charge in [-0.3, -0.25) is 14.4 Å². The summed E-state index contributed by atoms with van der Waals surface area (Å²) >= 11 is 0. The fourth-order valence-electron chi connectivity index (χ4n) is 4.43. The van der Waals surface area contributed by atoms with Crippen molar-refractivity contribution < 1.29 is 53.9 Å². The van der Waals surface area contributed by atoms with Gasteiger partial charge in [-0.2, -0.15) is 13.2 Å². The number of carbonyl (C=O) groups excluding carboxylic acids is 3. The van der Waals surface area contributed by atoms with E-state index in [1.807, 2.05) is 0 Å². The van der Waals surface area contributed by atoms with Crippen LogP contribution in [0.15, 0.2) is 29.3 Å². The van der Waals surface area contributed by atoms with Crippen molar-refractivity contribution >= 4 is 33.4 Å². The molecule has 2 aromatic rings. The first-order valence-electron chi connectivity index (χ1n) is 11.9. The van der Waals surface area contributed by atoms with E-state index in [0.717, 1.165) is 33.9 Å². The third-order valence-corrected chi connectivity index (χ3v) is 8.09. The molecule has 1 saturated heterocycles. The molecule has 3 atom stereocenters. The number of rotatable bonds is 4. The Kier molecular flexibility index (Phi) is 8.01. The van der Waals surface area contributed by atoms with Crippen LogP contribution in [0, 0.1) is 11.7 Å². The Labute approximate surface area is 228 Å². The number of aryl methyl sites for hydroxylation is 1. The second-order valence-corrected chi connectivity index (χ2v) is 11.2. The van der Waals surface area contributed by atoms with Crippen molar-refractivity contribution in [2.45, 2.75) is 36.5 Å². The van der Waals surface area contributed by atoms with Gasteiger partial charge in [-0.15, -0.1) is 0 Å². The lowest BCUT2D eigenvalue weighted by atomic mass is 10.1. The van der Waals surface area contributed by atoms with Crippen LogP contribution in [0.1, 0.15) is 29.4 Å². The number of alkyl halides is 5. The Balaban J connectivity index is 1.54. The van der Waals surface area contributed by atoms with Gasteiger partial charge in [0.2, 0.25) is 10.0 Å². The van der Waals surface area contributed by atoms with E-state index in [4.69, 9.17) is 4.74 Å². The number of ether oxygens (including phenoxy) is 1. The number of sulfonamides is 1. The molecule has 1 aromatic heterocycles. The highest BCUT2D eigenvalue weighted by Gasteiger charge is 2.44. The number of likely N-dealkylation sites (tertiary alicyclic amines) is 1. The van der Waals surface area contributed by atoms with E-state index in [1.165, 1.54) is 7.05 Å². The molecular formula is C23H23F6N5O6S. The van der Waals surface area contributed by atoms with Gasteiger partial charge in [-0.1, -0.05) is 0 Å². The van der Waals surface area contributed by atoms with Crippen LogP contribution in [-0.4, -0.2) is 73.6 Å². The summed E-state index contributed by atoms with van der Waals surface area (Å²) in [4.78, 5) is 38.1. The maximum atomic E-state index is 13.6. The van der Waals surface area contributed by atoms with Crippen molar-refractivity contribution in [2.24, 2.45) is 13.0 Å². The van der Waals surface area contributed by atoms with Crippen LogP contribution in [0.25, 0.3) is 0 Å². The molecule has 4 rings (SSSR count). The third-order valence-electron chi connectivity index (χ3n) is 6.61. The van der Waals surface area contributed by atoms with Crippen molar-refractivity contribution in [1.29, 1.82) is 0 Å². The van der Waals surface area contributed by atoms with E-state index >= 15 is 0 Å². The van der Waals surface area contributed by atoms with Gasteiger partial charge in [0.1, 0.15) is 16.8 Å². The Morgan fingerprint density at radius 3 is 2.49 bits per heavy atom. The number of aromatic nitrogens is 1. The first-order chi connectivity index (χ1) is 19.0. The molecular weight excluding hydrogens is 588 g/mol. The molecule has 0 saturated carbocycles. The lowest BCUT2D eigenvalue weighted by Crippen LogP contribution is -2.50. The molecule has 3 N–H and O–H groups in total. The number of anilines is 1. The van der Waals surface area contributed by atoms with Gasteiger partial charge in [0.05, 0.1) is 12.2 Å². The van der Waals surface area contributed by atoms with E-state index in [2.05, 4.69) is 10.0 Å². The number of hydrogen-bond acceptors (Lipinski definition) is 6. The van der Waals surface area contributed by atoms with Crippen molar-refractivity contribution in [3.63, 3.8) is 0 Å². The second-order valence-electron chi connectivity index (χ2n) is 9.52. The van der Waals surface area contributed by atoms with Gasteiger partial charge >= 0.3 is 18.0 Å². The Morgan fingerprint density at radius 1 is 1.17 bits per heavy atom. The molecule has 2 aliphatic rings. The largest absolute Gasteiger partial charge is 0.489 e. The number of hydrogen-bond donors (Lipinski definition) is 3. The number of amides is 3. The zero-order valence-corrected chi connectivity index (χ0v) is 22.1. The minimum Gasteiger partial charge on any atom is -0.489 e. The minimum atomic E-state index is -4.79. The van der Waals surface area contributed by atoms with Crippen molar-refractivity contribution in [2.75, 3.05) is 25.0 Å². The molecule has 224 valence electrons. The average molecular weight is 612 g/mol. The fourth-order valence-corrected chi connectivity index (χ4v) is 5.91. The zero-order valence-electron chi connectivity index (χ0n) is 21.3. The first-order valence-corrected chi connectivity index (χ1v) is 13.4. The third kappa shape index (κ3) is 6.12. The van der Waals surface area contributed by atoms with Gasteiger partial charge in [-0.05, 0) is 25.1 Å². The summed E-state index contributed by atoms with van der Waals surface area (Å²) in [6, 6.07) is -0.785. The number of benzene rings is 1. The maximum Gasteiger partial charge on any atom is 0.408 e. The molecule has 3 heterocycles. The maximum absolute atomic E-state index is 13.6. The van der Waals surface area contributed by atoms with Crippen molar-refractivity contribution in [3.8, 4) is 5.75 Å². The molecule has 1 fully saturated rings. The molecule has 3 amide bonds. The SMILES string of the molecule is CC(NC(=O)C(=O)N1CC2COc3c(cn(C)c3C(=O)Nc3ccc(F)c(C(F)F)c3)S(=O)(=O)NC2C1)C(F)(F)F. The van der Waals surface area contributed by atoms with Crippen LogP contribution in [0.2, 0.25) is 0 Å². The Bertz CT molecular complexity index is 1490. The summed E-state index contributed by atoms with van der Waals surface area (Å²) < 4.78 is 114. The minimum absolute atomic E-state index is 0.198. The molecule has 2 aliphatic heterocycles. The van der Waals surface area contributed by atoms with Gasteiger partial charge < -0.3 is 24.8 Å². The smallest absolute Gasteiger partial charge is 0.408 e. The number of fused-ring (bicyclic) bond motifs is 2. The Hall–Kier alpha value is -3.80. The molecule has 0 radical (unpaired) electrons. The predicted octanol–water partition coefficient (Wildman–Crippen LogP) is 1.92. The van der Waals surface area contributed by atoms with Gasteiger partial charge in [0, 0.05) is 44.0 Å². The fraction of sp³-hybridized carbons (Fsp3) is 0.435. The van der Waals surface area contributed by atoms with Crippen LogP contribution in [-0.2, 0) is 26.7 Å². The van der Waals surface area contributed by atoms with E-state index in [9.17, 15) is 49.1 Å². The molecule has 0 bridgehead atoms. The van der Waals surface area contributed by atoms with Crippen LogP contribution in [0.4, 0.5) is 32.0 Å². The highest BCUT2D eigenvalue weighted by atomic mass is 32.2. The van der Waals surface area contributed by atoms with E-state index in [1.54, 1.807) is 5.32 Å². The van der Waals surface area contributed by atoms with Crippen LogP contribution < -0.4 is 20.1 Å². The number of halogens is 6.